The van der Waals surface area contributed by atoms with Gasteiger partial charge in [-0.1, -0.05) is 0 Å². The molecule has 4 N–H and O–H groups in total. The van der Waals surface area contributed by atoms with E-state index in [0.29, 0.717) is 13.0 Å². The van der Waals surface area contributed by atoms with Gasteiger partial charge in [0.2, 0.25) is 5.91 Å². The molecule has 6 nitrogen and oxygen atoms in total. The highest BCUT2D eigenvalue weighted by atomic mass is 16.4. The van der Waals surface area contributed by atoms with Crippen molar-refractivity contribution in [3.63, 3.8) is 0 Å². The van der Waals surface area contributed by atoms with Gasteiger partial charge in [0.25, 0.3) is 0 Å². The molecule has 0 fully saturated rings. The molecule has 1 rings (SSSR count). The molecule has 6 heteroatoms. The Morgan fingerprint density at radius 3 is 2.88 bits per heavy atom. The summed E-state index contributed by atoms with van der Waals surface area (Å²) >= 11 is 0. The summed E-state index contributed by atoms with van der Waals surface area (Å²) in [5.74, 6) is -0.508. The van der Waals surface area contributed by atoms with Crippen molar-refractivity contribution < 1.29 is 19.1 Å². The van der Waals surface area contributed by atoms with Crippen LogP contribution >= 0.6 is 0 Å². The summed E-state index contributed by atoms with van der Waals surface area (Å²) in [4.78, 5) is 21.7. The minimum Gasteiger partial charge on any atom is -0.481 e. The third-order valence-corrected chi connectivity index (χ3v) is 2.26. The van der Waals surface area contributed by atoms with Gasteiger partial charge in [-0.15, -0.1) is 0 Å². The van der Waals surface area contributed by atoms with Gasteiger partial charge in [0, 0.05) is 19.4 Å². The first-order valence-corrected chi connectivity index (χ1v) is 5.37. The lowest BCUT2D eigenvalue weighted by Crippen LogP contribution is -2.41. The van der Waals surface area contributed by atoms with Crippen molar-refractivity contribution in [2.75, 3.05) is 6.54 Å². The number of nitrogens with two attached hydrogens (primary N) is 1. The molecular formula is C11H16N2O4. The van der Waals surface area contributed by atoms with Crippen molar-refractivity contribution in [2.45, 2.75) is 25.3 Å². The standard InChI is InChI=1S/C11H16N2O4/c12-9(3-4-10(14)15)11(16)13-6-5-8-2-1-7-17-8/h1-2,7,9H,3-6,12H2,(H,13,16)(H,14,15). The fourth-order valence-electron chi connectivity index (χ4n) is 1.30. The van der Waals surface area contributed by atoms with Gasteiger partial charge in [0.05, 0.1) is 12.3 Å². The Balaban J connectivity index is 2.17. The molecule has 0 saturated heterocycles. The molecule has 1 amide bonds. The van der Waals surface area contributed by atoms with Gasteiger partial charge in [-0.3, -0.25) is 9.59 Å². The number of carboxylic acid groups (broad SMARTS) is 1. The number of hydrogen-bond acceptors (Lipinski definition) is 4. The van der Waals surface area contributed by atoms with Crippen molar-refractivity contribution in [3.05, 3.63) is 24.2 Å². The highest BCUT2D eigenvalue weighted by Crippen LogP contribution is 2.00. The van der Waals surface area contributed by atoms with E-state index in [1.165, 1.54) is 0 Å². The second-order valence-electron chi connectivity index (χ2n) is 3.66. The zero-order chi connectivity index (χ0) is 12.7. The Hall–Kier alpha value is -1.82. The van der Waals surface area contributed by atoms with Crippen LogP contribution in [0.4, 0.5) is 0 Å². The normalized spacial score (nSPS) is 12.1. The lowest BCUT2D eigenvalue weighted by molar-refractivity contribution is -0.137. The zero-order valence-corrected chi connectivity index (χ0v) is 9.39. The molecule has 1 heterocycles. The quantitative estimate of drug-likeness (QED) is 0.628. The smallest absolute Gasteiger partial charge is 0.303 e. The van der Waals surface area contributed by atoms with Crippen LogP contribution in [0.3, 0.4) is 0 Å². The van der Waals surface area contributed by atoms with Crippen LogP contribution < -0.4 is 11.1 Å². The Kier molecular flexibility index (Phi) is 5.22. The van der Waals surface area contributed by atoms with Crippen molar-refractivity contribution in [2.24, 2.45) is 5.73 Å². The van der Waals surface area contributed by atoms with E-state index in [1.807, 2.05) is 6.07 Å². The van der Waals surface area contributed by atoms with Crippen molar-refractivity contribution in [1.82, 2.24) is 5.32 Å². The summed E-state index contributed by atoms with van der Waals surface area (Å²) < 4.78 is 5.09. The topological polar surface area (TPSA) is 106 Å². The third kappa shape index (κ3) is 5.17. The van der Waals surface area contributed by atoms with E-state index in [0.717, 1.165) is 5.76 Å². The molecular weight excluding hydrogens is 224 g/mol. The van der Waals surface area contributed by atoms with E-state index in [2.05, 4.69) is 5.32 Å². The Morgan fingerprint density at radius 1 is 1.53 bits per heavy atom. The van der Waals surface area contributed by atoms with Gasteiger partial charge in [0.1, 0.15) is 5.76 Å². The van der Waals surface area contributed by atoms with Crippen LogP contribution in [0.25, 0.3) is 0 Å². The Bertz CT molecular complexity index is 362. The zero-order valence-electron chi connectivity index (χ0n) is 9.39. The van der Waals surface area contributed by atoms with Gasteiger partial charge in [-0.25, -0.2) is 0 Å². The van der Waals surface area contributed by atoms with Crippen molar-refractivity contribution in [3.8, 4) is 0 Å². The summed E-state index contributed by atoms with van der Waals surface area (Å²) in [6, 6.07) is 2.81. The lowest BCUT2D eigenvalue weighted by Gasteiger charge is -2.10. The van der Waals surface area contributed by atoms with E-state index < -0.39 is 12.0 Å². The fraction of sp³-hybridized carbons (Fsp3) is 0.455. The van der Waals surface area contributed by atoms with Crippen LogP contribution in [0.15, 0.2) is 22.8 Å². The van der Waals surface area contributed by atoms with Crippen LogP contribution in [-0.2, 0) is 16.0 Å². The number of nitrogens with one attached hydrogen (secondary N) is 1. The molecule has 94 valence electrons. The number of furan rings is 1. The van der Waals surface area contributed by atoms with Crippen LogP contribution in [0.2, 0.25) is 0 Å². The highest BCUT2D eigenvalue weighted by molar-refractivity contribution is 5.82. The van der Waals surface area contributed by atoms with Gasteiger partial charge < -0.3 is 20.6 Å². The highest BCUT2D eigenvalue weighted by Gasteiger charge is 2.14. The minimum absolute atomic E-state index is 0.104. The van der Waals surface area contributed by atoms with E-state index in [4.69, 9.17) is 15.3 Å². The predicted molar refractivity (Wildman–Crippen MR) is 60.3 cm³/mol. The Labute approximate surface area is 98.8 Å². The monoisotopic (exact) mass is 240 g/mol. The van der Waals surface area contributed by atoms with E-state index in [1.54, 1.807) is 12.3 Å². The molecule has 0 aromatic carbocycles. The summed E-state index contributed by atoms with van der Waals surface area (Å²) in [5, 5.41) is 11.1. The van der Waals surface area contributed by atoms with Crippen LogP contribution in [0.1, 0.15) is 18.6 Å². The number of aliphatic carboxylic acids is 1. The average molecular weight is 240 g/mol. The number of hydrogen-bond donors (Lipinski definition) is 3. The molecule has 1 aromatic heterocycles. The first-order valence-electron chi connectivity index (χ1n) is 5.37. The maximum atomic E-state index is 11.4. The first kappa shape index (κ1) is 13.2. The maximum absolute atomic E-state index is 11.4. The molecule has 1 atom stereocenters. The lowest BCUT2D eigenvalue weighted by atomic mass is 10.1. The summed E-state index contributed by atoms with van der Waals surface area (Å²) in [5.41, 5.74) is 5.53. The van der Waals surface area contributed by atoms with E-state index in [9.17, 15) is 9.59 Å². The SMILES string of the molecule is NC(CCC(=O)O)C(=O)NCCc1ccco1. The summed E-state index contributed by atoms with van der Waals surface area (Å²) in [7, 11) is 0. The molecule has 1 aromatic rings. The maximum Gasteiger partial charge on any atom is 0.303 e. The molecule has 17 heavy (non-hydrogen) atoms. The molecule has 1 unspecified atom stereocenters. The molecule has 0 saturated carbocycles. The number of carbonyl (C=O) groups is 2. The third-order valence-electron chi connectivity index (χ3n) is 2.26. The molecule has 0 aliphatic heterocycles. The second-order valence-corrected chi connectivity index (χ2v) is 3.66. The van der Waals surface area contributed by atoms with Gasteiger partial charge in [-0.2, -0.15) is 0 Å². The summed E-state index contributed by atoms with van der Waals surface area (Å²) in [6.07, 6.45) is 2.19. The van der Waals surface area contributed by atoms with Gasteiger partial charge in [-0.05, 0) is 18.6 Å². The molecule has 0 spiro atoms. The van der Waals surface area contributed by atoms with Crippen molar-refractivity contribution in [1.29, 1.82) is 0 Å². The number of carbonyl (C=O) groups excluding carboxylic acids is 1. The van der Waals surface area contributed by atoms with Gasteiger partial charge >= 0.3 is 5.97 Å². The van der Waals surface area contributed by atoms with Crippen molar-refractivity contribution >= 4 is 11.9 Å². The van der Waals surface area contributed by atoms with Crippen LogP contribution in [-0.4, -0.2) is 29.6 Å². The minimum atomic E-state index is -0.955. The predicted octanol–water partition coefficient (Wildman–Crippen LogP) is 0.130. The molecule has 0 aliphatic carbocycles. The van der Waals surface area contributed by atoms with Gasteiger partial charge in [0.15, 0.2) is 0 Å². The summed E-state index contributed by atoms with van der Waals surface area (Å²) in [6.45, 7) is 0.424. The molecule has 0 bridgehead atoms. The number of rotatable bonds is 7. The molecule has 0 aliphatic rings. The Morgan fingerprint density at radius 2 is 2.29 bits per heavy atom. The van der Waals surface area contributed by atoms with E-state index in [-0.39, 0.29) is 18.7 Å². The first-order chi connectivity index (χ1) is 8.09. The van der Waals surface area contributed by atoms with Crippen LogP contribution in [0.5, 0.6) is 0 Å². The number of carboxylic acids is 1. The molecule has 0 radical (unpaired) electrons. The largest absolute Gasteiger partial charge is 0.481 e. The van der Waals surface area contributed by atoms with E-state index >= 15 is 0 Å². The number of amides is 1. The van der Waals surface area contributed by atoms with Crippen LogP contribution in [0, 0.1) is 0 Å². The fourth-order valence-corrected chi connectivity index (χ4v) is 1.30. The average Bonchev–Trinajstić information content (AvgIpc) is 2.78. The second kappa shape index (κ2) is 6.70.